The van der Waals surface area contributed by atoms with Crippen LogP contribution in [0.2, 0.25) is 0 Å². The third-order valence-corrected chi connectivity index (χ3v) is 4.43. The molecule has 6 heteroatoms. The standard InChI is InChI=1S/C17H22BrNO4/c18-13-5-3-4-12(10-13)15(11-17(21)22)19-16(20)8-7-14-6-1-2-9-23-14/h3-5,10,14-15H,1-2,6-9,11H2,(H,19,20)(H,21,22). The van der Waals surface area contributed by atoms with Gasteiger partial charge in [-0.3, -0.25) is 9.59 Å². The lowest BCUT2D eigenvalue weighted by Gasteiger charge is -2.23. The van der Waals surface area contributed by atoms with Crippen molar-refractivity contribution in [1.29, 1.82) is 0 Å². The highest BCUT2D eigenvalue weighted by molar-refractivity contribution is 9.10. The number of amides is 1. The smallest absolute Gasteiger partial charge is 0.305 e. The van der Waals surface area contributed by atoms with E-state index in [-0.39, 0.29) is 18.4 Å². The van der Waals surface area contributed by atoms with Gasteiger partial charge in [-0.1, -0.05) is 28.1 Å². The van der Waals surface area contributed by atoms with Gasteiger partial charge in [0.1, 0.15) is 0 Å². The molecular formula is C17H22BrNO4. The van der Waals surface area contributed by atoms with Crippen LogP contribution >= 0.6 is 15.9 Å². The van der Waals surface area contributed by atoms with Gasteiger partial charge in [-0.2, -0.15) is 0 Å². The lowest BCUT2D eigenvalue weighted by Crippen LogP contribution is -2.31. The van der Waals surface area contributed by atoms with Gasteiger partial charge in [-0.15, -0.1) is 0 Å². The molecule has 0 saturated carbocycles. The van der Waals surface area contributed by atoms with Crippen LogP contribution in [-0.4, -0.2) is 29.7 Å². The fraction of sp³-hybridized carbons (Fsp3) is 0.529. The number of rotatable bonds is 7. The van der Waals surface area contributed by atoms with E-state index in [1.807, 2.05) is 24.3 Å². The van der Waals surface area contributed by atoms with Gasteiger partial charge in [-0.05, 0) is 43.4 Å². The summed E-state index contributed by atoms with van der Waals surface area (Å²) >= 11 is 3.37. The fourth-order valence-electron chi connectivity index (χ4n) is 2.74. The SMILES string of the molecule is O=C(O)CC(NC(=O)CCC1CCCCO1)c1cccc(Br)c1. The van der Waals surface area contributed by atoms with Gasteiger partial charge in [0.15, 0.2) is 0 Å². The van der Waals surface area contributed by atoms with Crippen molar-refractivity contribution in [3.05, 3.63) is 34.3 Å². The average Bonchev–Trinajstić information content (AvgIpc) is 2.53. The Balaban J connectivity index is 1.91. The summed E-state index contributed by atoms with van der Waals surface area (Å²) in [5.41, 5.74) is 0.782. The molecule has 0 aliphatic carbocycles. The Morgan fingerprint density at radius 1 is 1.39 bits per heavy atom. The molecular weight excluding hydrogens is 362 g/mol. The normalized spacial score (nSPS) is 19.1. The van der Waals surface area contributed by atoms with Crippen LogP contribution in [0.15, 0.2) is 28.7 Å². The van der Waals surface area contributed by atoms with Gasteiger partial charge in [0, 0.05) is 17.5 Å². The molecule has 0 spiro atoms. The summed E-state index contributed by atoms with van der Waals surface area (Å²) in [6.45, 7) is 0.770. The van der Waals surface area contributed by atoms with Gasteiger partial charge >= 0.3 is 5.97 Å². The quantitative estimate of drug-likeness (QED) is 0.755. The molecule has 126 valence electrons. The maximum Gasteiger partial charge on any atom is 0.305 e. The van der Waals surface area contributed by atoms with Crippen LogP contribution in [0, 0.1) is 0 Å². The van der Waals surface area contributed by atoms with Crippen molar-refractivity contribution in [3.8, 4) is 0 Å². The summed E-state index contributed by atoms with van der Waals surface area (Å²) < 4.78 is 6.47. The van der Waals surface area contributed by atoms with Crippen molar-refractivity contribution in [2.75, 3.05) is 6.61 Å². The van der Waals surface area contributed by atoms with Crippen molar-refractivity contribution in [3.63, 3.8) is 0 Å². The molecule has 1 aromatic carbocycles. The van der Waals surface area contributed by atoms with Gasteiger partial charge in [-0.25, -0.2) is 0 Å². The van der Waals surface area contributed by atoms with Gasteiger partial charge in [0.2, 0.25) is 5.91 Å². The zero-order chi connectivity index (χ0) is 16.7. The van der Waals surface area contributed by atoms with Crippen molar-refractivity contribution >= 4 is 27.8 Å². The molecule has 0 bridgehead atoms. The van der Waals surface area contributed by atoms with Crippen LogP contribution < -0.4 is 5.32 Å². The van der Waals surface area contributed by atoms with Crippen LogP contribution in [-0.2, 0) is 14.3 Å². The Kier molecular flexibility index (Phi) is 7.05. The van der Waals surface area contributed by atoms with Crippen molar-refractivity contribution < 1.29 is 19.4 Å². The van der Waals surface area contributed by atoms with Crippen LogP contribution in [0.3, 0.4) is 0 Å². The second-order valence-electron chi connectivity index (χ2n) is 5.80. The molecule has 1 aliphatic rings. The molecule has 0 aromatic heterocycles. The maximum absolute atomic E-state index is 12.2. The van der Waals surface area contributed by atoms with E-state index in [0.717, 1.165) is 35.9 Å². The lowest BCUT2D eigenvalue weighted by molar-refractivity contribution is -0.137. The van der Waals surface area contributed by atoms with Gasteiger partial charge < -0.3 is 15.2 Å². The van der Waals surface area contributed by atoms with Crippen LogP contribution in [0.25, 0.3) is 0 Å². The molecule has 1 amide bonds. The number of benzene rings is 1. The number of carboxylic acid groups (broad SMARTS) is 1. The van der Waals surface area contributed by atoms with E-state index >= 15 is 0 Å². The van der Waals surface area contributed by atoms with E-state index in [1.54, 1.807) is 0 Å². The second kappa shape index (κ2) is 9.03. The number of hydrogen-bond donors (Lipinski definition) is 2. The number of carboxylic acids is 1. The highest BCUT2D eigenvalue weighted by Crippen LogP contribution is 2.22. The molecule has 2 N–H and O–H groups in total. The first-order valence-corrected chi connectivity index (χ1v) is 8.72. The Hall–Kier alpha value is -1.40. The zero-order valence-corrected chi connectivity index (χ0v) is 14.5. The minimum atomic E-state index is -0.939. The van der Waals surface area contributed by atoms with Crippen molar-refractivity contribution in [1.82, 2.24) is 5.32 Å². The average molecular weight is 384 g/mol. The number of carbonyl (C=O) groups excluding carboxylic acids is 1. The molecule has 2 atom stereocenters. The molecule has 1 heterocycles. The Morgan fingerprint density at radius 3 is 2.87 bits per heavy atom. The lowest BCUT2D eigenvalue weighted by atomic mass is 10.0. The summed E-state index contributed by atoms with van der Waals surface area (Å²) in [5, 5.41) is 11.9. The topological polar surface area (TPSA) is 75.6 Å². The molecule has 1 aliphatic heterocycles. The summed E-state index contributed by atoms with van der Waals surface area (Å²) in [4.78, 5) is 23.2. The third-order valence-electron chi connectivity index (χ3n) is 3.93. The molecule has 1 fully saturated rings. The number of nitrogens with one attached hydrogen (secondary N) is 1. The largest absolute Gasteiger partial charge is 0.481 e. The van der Waals surface area contributed by atoms with E-state index in [4.69, 9.17) is 9.84 Å². The summed E-state index contributed by atoms with van der Waals surface area (Å²) in [6, 6.07) is 6.82. The van der Waals surface area contributed by atoms with E-state index in [0.29, 0.717) is 12.8 Å². The first-order chi connectivity index (χ1) is 11.0. The molecule has 23 heavy (non-hydrogen) atoms. The first kappa shape index (κ1) is 17.9. The highest BCUT2D eigenvalue weighted by Gasteiger charge is 2.20. The summed E-state index contributed by atoms with van der Waals surface area (Å²) in [5.74, 6) is -1.07. The molecule has 2 unspecified atom stereocenters. The van der Waals surface area contributed by atoms with Crippen LogP contribution in [0.1, 0.15) is 50.1 Å². The number of halogens is 1. The van der Waals surface area contributed by atoms with Crippen molar-refractivity contribution in [2.45, 2.75) is 50.7 Å². The molecule has 5 nitrogen and oxygen atoms in total. The fourth-order valence-corrected chi connectivity index (χ4v) is 3.16. The molecule has 1 aromatic rings. The van der Waals surface area contributed by atoms with Crippen molar-refractivity contribution in [2.24, 2.45) is 0 Å². The number of carbonyl (C=O) groups is 2. The van der Waals surface area contributed by atoms with E-state index in [2.05, 4.69) is 21.2 Å². The third kappa shape index (κ3) is 6.31. The monoisotopic (exact) mass is 383 g/mol. The Bertz CT molecular complexity index is 543. The van der Waals surface area contributed by atoms with Crippen LogP contribution in [0.5, 0.6) is 0 Å². The Morgan fingerprint density at radius 2 is 2.22 bits per heavy atom. The molecule has 1 saturated heterocycles. The van der Waals surface area contributed by atoms with Crippen LogP contribution in [0.4, 0.5) is 0 Å². The van der Waals surface area contributed by atoms with E-state index < -0.39 is 12.0 Å². The number of ether oxygens (including phenoxy) is 1. The Labute approximate surface area is 144 Å². The van der Waals surface area contributed by atoms with Gasteiger partial charge in [0.05, 0.1) is 18.6 Å². The maximum atomic E-state index is 12.2. The van der Waals surface area contributed by atoms with E-state index in [9.17, 15) is 9.59 Å². The summed E-state index contributed by atoms with van der Waals surface area (Å²) in [7, 11) is 0. The summed E-state index contributed by atoms with van der Waals surface area (Å²) in [6.07, 6.45) is 4.29. The second-order valence-corrected chi connectivity index (χ2v) is 6.72. The highest BCUT2D eigenvalue weighted by atomic mass is 79.9. The minimum Gasteiger partial charge on any atom is -0.481 e. The molecule has 2 rings (SSSR count). The zero-order valence-electron chi connectivity index (χ0n) is 13.0. The first-order valence-electron chi connectivity index (χ1n) is 7.93. The van der Waals surface area contributed by atoms with Gasteiger partial charge in [0.25, 0.3) is 0 Å². The predicted molar refractivity (Wildman–Crippen MR) is 90.1 cm³/mol. The number of aliphatic carboxylic acids is 1. The predicted octanol–water partition coefficient (Wildman–Crippen LogP) is 3.43. The molecule has 0 radical (unpaired) electrons. The van der Waals surface area contributed by atoms with E-state index in [1.165, 1.54) is 0 Å². The number of hydrogen-bond acceptors (Lipinski definition) is 3. The minimum absolute atomic E-state index is 0.134.